The van der Waals surface area contributed by atoms with E-state index in [9.17, 15) is 4.79 Å². The van der Waals surface area contributed by atoms with E-state index in [-0.39, 0.29) is 11.9 Å². The van der Waals surface area contributed by atoms with E-state index in [1.807, 2.05) is 18.2 Å². The predicted molar refractivity (Wildman–Crippen MR) is 89.9 cm³/mol. The summed E-state index contributed by atoms with van der Waals surface area (Å²) >= 11 is 0. The van der Waals surface area contributed by atoms with E-state index < -0.39 is 0 Å². The number of anilines is 1. The van der Waals surface area contributed by atoms with Crippen molar-refractivity contribution < 1.29 is 9.53 Å². The van der Waals surface area contributed by atoms with E-state index in [0.29, 0.717) is 5.56 Å². The Kier molecular flexibility index (Phi) is 4.76. The van der Waals surface area contributed by atoms with Crippen LogP contribution in [0.4, 0.5) is 5.69 Å². The number of hydrogen-bond donors (Lipinski definition) is 1. The average Bonchev–Trinajstić information content (AvgIpc) is 2.63. The summed E-state index contributed by atoms with van der Waals surface area (Å²) in [7, 11) is 1.67. The molecule has 1 amide bonds. The first kappa shape index (κ1) is 15.3. The van der Waals surface area contributed by atoms with Crippen LogP contribution < -0.4 is 15.0 Å². The Morgan fingerprint density at radius 2 is 2.26 bits per heavy atom. The summed E-state index contributed by atoms with van der Waals surface area (Å²) in [5.41, 5.74) is 1.73. The second kappa shape index (κ2) is 7.13. The number of nitrogens with zero attached hydrogens (tertiary/aromatic N) is 2. The summed E-state index contributed by atoms with van der Waals surface area (Å²) in [6.45, 7) is 1.80. The molecule has 0 bridgehead atoms. The van der Waals surface area contributed by atoms with E-state index in [4.69, 9.17) is 4.74 Å². The van der Waals surface area contributed by atoms with Crippen LogP contribution in [0.5, 0.6) is 5.75 Å². The van der Waals surface area contributed by atoms with E-state index in [1.165, 1.54) is 0 Å². The zero-order valence-corrected chi connectivity index (χ0v) is 13.2. The molecule has 0 radical (unpaired) electrons. The molecule has 2 heterocycles. The van der Waals surface area contributed by atoms with Crippen molar-refractivity contribution in [3.05, 3.63) is 54.4 Å². The van der Waals surface area contributed by atoms with Gasteiger partial charge < -0.3 is 15.0 Å². The smallest absolute Gasteiger partial charge is 0.253 e. The lowest BCUT2D eigenvalue weighted by atomic mass is 10.0. The molecule has 5 heteroatoms. The summed E-state index contributed by atoms with van der Waals surface area (Å²) < 4.78 is 5.29. The van der Waals surface area contributed by atoms with Gasteiger partial charge in [0.05, 0.1) is 12.7 Å². The number of pyridine rings is 1. The van der Waals surface area contributed by atoms with Gasteiger partial charge in [0, 0.05) is 43.3 Å². The fourth-order valence-corrected chi connectivity index (χ4v) is 2.90. The van der Waals surface area contributed by atoms with Crippen molar-refractivity contribution in [3.63, 3.8) is 0 Å². The Labute approximate surface area is 136 Å². The fourth-order valence-electron chi connectivity index (χ4n) is 2.90. The van der Waals surface area contributed by atoms with Crippen molar-refractivity contribution >= 4 is 11.6 Å². The van der Waals surface area contributed by atoms with Gasteiger partial charge in [0.25, 0.3) is 5.91 Å². The number of carbonyl (C=O) groups is 1. The van der Waals surface area contributed by atoms with Crippen LogP contribution in [0.15, 0.2) is 48.8 Å². The summed E-state index contributed by atoms with van der Waals surface area (Å²) in [6, 6.07) is 11.7. The van der Waals surface area contributed by atoms with Crippen molar-refractivity contribution in [2.75, 3.05) is 25.1 Å². The molecule has 23 heavy (non-hydrogen) atoms. The lowest BCUT2D eigenvalue weighted by Crippen LogP contribution is -2.47. The molecule has 2 aromatic rings. The minimum absolute atomic E-state index is 0.0596. The summed E-state index contributed by atoms with van der Waals surface area (Å²) in [6.07, 6.45) is 5.31. The van der Waals surface area contributed by atoms with Crippen LogP contribution in [0.3, 0.4) is 0 Å². The molecule has 1 saturated heterocycles. The van der Waals surface area contributed by atoms with Crippen molar-refractivity contribution in [3.8, 4) is 5.75 Å². The lowest BCUT2D eigenvalue weighted by Gasteiger charge is -2.35. The van der Waals surface area contributed by atoms with Gasteiger partial charge >= 0.3 is 0 Å². The van der Waals surface area contributed by atoms with Gasteiger partial charge in [-0.15, -0.1) is 0 Å². The number of aromatic nitrogens is 1. The minimum Gasteiger partial charge on any atom is -0.497 e. The molecular formula is C18H21N3O2. The zero-order valence-electron chi connectivity index (χ0n) is 13.2. The maximum absolute atomic E-state index is 12.3. The highest BCUT2D eigenvalue weighted by molar-refractivity contribution is 5.94. The maximum atomic E-state index is 12.3. The Hall–Kier alpha value is -2.56. The topological polar surface area (TPSA) is 54.5 Å². The number of ether oxygens (including phenoxy) is 1. The minimum atomic E-state index is -0.0596. The number of carbonyl (C=O) groups excluding carboxylic acids is 1. The van der Waals surface area contributed by atoms with Gasteiger partial charge in [-0.05, 0) is 37.1 Å². The van der Waals surface area contributed by atoms with Crippen LogP contribution >= 0.6 is 0 Å². The van der Waals surface area contributed by atoms with Gasteiger partial charge in [-0.25, -0.2) is 0 Å². The fraction of sp³-hybridized carbons (Fsp3) is 0.333. The molecule has 0 unspecified atom stereocenters. The van der Waals surface area contributed by atoms with Gasteiger partial charge in [-0.2, -0.15) is 0 Å². The average molecular weight is 311 g/mol. The third-order valence-electron chi connectivity index (χ3n) is 4.10. The molecule has 0 saturated carbocycles. The van der Waals surface area contributed by atoms with Crippen molar-refractivity contribution in [2.45, 2.75) is 18.9 Å². The van der Waals surface area contributed by atoms with Gasteiger partial charge in [-0.3, -0.25) is 9.78 Å². The normalized spacial score (nSPS) is 17.6. The Balaban J connectivity index is 1.65. The van der Waals surface area contributed by atoms with Crippen molar-refractivity contribution in [1.29, 1.82) is 0 Å². The summed E-state index contributed by atoms with van der Waals surface area (Å²) in [5.74, 6) is 0.791. The SMILES string of the molecule is COc1cccc(N2CCC[C@@H](NC(=O)c3cccnc3)C2)c1. The molecule has 1 aromatic heterocycles. The third kappa shape index (κ3) is 3.80. The van der Waals surface area contributed by atoms with Gasteiger partial charge in [-0.1, -0.05) is 6.07 Å². The molecule has 1 atom stereocenters. The van der Waals surface area contributed by atoms with Crippen LogP contribution in [-0.2, 0) is 0 Å². The van der Waals surface area contributed by atoms with E-state index in [2.05, 4.69) is 21.3 Å². The van der Waals surface area contributed by atoms with E-state index in [1.54, 1.807) is 31.6 Å². The number of benzene rings is 1. The standard InChI is InChI=1S/C18H21N3O2/c1-23-17-8-2-7-16(11-17)21-10-4-6-15(13-21)20-18(22)14-5-3-9-19-12-14/h2-3,5,7-9,11-12,15H,4,6,10,13H2,1H3,(H,20,22)/t15-/m1/s1. The molecule has 0 aliphatic carbocycles. The molecule has 1 fully saturated rings. The number of methoxy groups -OCH3 is 1. The first-order valence-electron chi connectivity index (χ1n) is 7.86. The monoisotopic (exact) mass is 311 g/mol. The zero-order chi connectivity index (χ0) is 16.1. The van der Waals surface area contributed by atoms with Gasteiger partial charge in [0.15, 0.2) is 0 Å². The summed E-state index contributed by atoms with van der Waals surface area (Å²) in [5, 5.41) is 3.11. The number of amides is 1. The molecule has 1 aliphatic rings. The quantitative estimate of drug-likeness (QED) is 0.942. The highest BCUT2D eigenvalue weighted by Crippen LogP contribution is 2.24. The molecule has 3 rings (SSSR count). The van der Waals surface area contributed by atoms with Crippen LogP contribution in [0.1, 0.15) is 23.2 Å². The molecule has 1 aromatic carbocycles. The Morgan fingerprint density at radius 1 is 1.35 bits per heavy atom. The van der Waals surface area contributed by atoms with Crippen LogP contribution in [0.25, 0.3) is 0 Å². The molecule has 1 aliphatic heterocycles. The molecule has 1 N–H and O–H groups in total. The number of rotatable bonds is 4. The first-order chi connectivity index (χ1) is 11.3. The molecule has 0 spiro atoms. The van der Waals surface area contributed by atoms with Crippen molar-refractivity contribution in [2.24, 2.45) is 0 Å². The highest BCUT2D eigenvalue weighted by Gasteiger charge is 2.22. The maximum Gasteiger partial charge on any atom is 0.253 e. The second-order valence-electron chi connectivity index (χ2n) is 5.70. The van der Waals surface area contributed by atoms with E-state index in [0.717, 1.165) is 37.4 Å². The Bertz CT molecular complexity index is 660. The van der Waals surface area contributed by atoms with Gasteiger partial charge in [0.2, 0.25) is 0 Å². The first-order valence-corrected chi connectivity index (χ1v) is 7.86. The Morgan fingerprint density at radius 3 is 3.04 bits per heavy atom. The second-order valence-corrected chi connectivity index (χ2v) is 5.70. The number of piperidine rings is 1. The van der Waals surface area contributed by atoms with Crippen LogP contribution in [-0.4, -0.2) is 37.1 Å². The summed E-state index contributed by atoms with van der Waals surface area (Å²) in [4.78, 5) is 18.6. The largest absolute Gasteiger partial charge is 0.497 e. The van der Waals surface area contributed by atoms with Gasteiger partial charge in [0.1, 0.15) is 5.75 Å². The van der Waals surface area contributed by atoms with E-state index >= 15 is 0 Å². The number of hydrogen-bond acceptors (Lipinski definition) is 4. The molecular weight excluding hydrogens is 290 g/mol. The van der Waals surface area contributed by atoms with Crippen molar-refractivity contribution in [1.82, 2.24) is 10.3 Å². The third-order valence-corrected chi connectivity index (χ3v) is 4.10. The van der Waals surface area contributed by atoms with Crippen LogP contribution in [0, 0.1) is 0 Å². The highest BCUT2D eigenvalue weighted by atomic mass is 16.5. The van der Waals surface area contributed by atoms with Crippen LogP contribution in [0.2, 0.25) is 0 Å². The molecule has 120 valence electrons. The lowest BCUT2D eigenvalue weighted by molar-refractivity contribution is 0.0933. The number of nitrogens with one attached hydrogen (secondary N) is 1. The molecule has 5 nitrogen and oxygen atoms in total. The predicted octanol–water partition coefficient (Wildman–Crippen LogP) is 2.49.